The van der Waals surface area contributed by atoms with E-state index in [9.17, 15) is 0 Å². The first-order valence-electron chi connectivity index (χ1n) is 4.74. The minimum absolute atomic E-state index is 0.0226. The highest BCUT2D eigenvalue weighted by Crippen LogP contribution is 2.29. The van der Waals surface area contributed by atoms with Gasteiger partial charge in [0, 0.05) is 25.6 Å². The third kappa shape index (κ3) is 1.49. The van der Waals surface area contributed by atoms with E-state index in [2.05, 4.69) is 12.2 Å². The van der Waals surface area contributed by atoms with Crippen LogP contribution < -0.4 is 5.32 Å². The van der Waals surface area contributed by atoms with Gasteiger partial charge in [-0.3, -0.25) is 0 Å². The van der Waals surface area contributed by atoms with Crippen LogP contribution in [0.5, 0.6) is 0 Å². The van der Waals surface area contributed by atoms with E-state index in [1.54, 1.807) is 0 Å². The molecule has 0 spiro atoms. The van der Waals surface area contributed by atoms with E-state index >= 15 is 0 Å². The second-order valence-corrected chi connectivity index (χ2v) is 3.90. The van der Waals surface area contributed by atoms with Crippen LogP contribution in [0.1, 0.15) is 13.3 Å². The number of ether oxygens (including phenoxy) is 2. The van der Waals surface area contributed by atoms with Crippen molar-refractivity contribution in [2.45, 2.75) is 18.9 Å². The molecule has 3 nitrogen and oxygen atoms in total. The topological polar surface area (TPSA) is 30.5 Å². The van der Waals surface area contributed by atoms with Gasteiger partial charge in [0.25, 0.3) is 0 Å². The molecule has 0 radical (unpaired) electrons. The fourth-order valence-electron chi connectivity index (χ4n) is 2.02. The zero-order valence-electron chi connectivity index (χ0n) is 7.64. The van der Waals surface area contributed by atoms with E-state index in [0.717, 1.165) is 39.3 Å². The lowest BCUT2D eigenvalue weighted by Crippen LogP contribution is -2.52. The van der Waals surface area contributed by atoms with Crippen LogP contribution in [0.25, 0.3) is 0 Å². The highest BCUT2D eigenvalue weighted by Gasteiger charge is 2.38. The van der Waals surface area contributed by atoms with Crippen molar-refractivity contribution in [2.75, 3.05) is 32.9 Å². The van der Waals surface area contributed by atoms with Gasteiger partial charge in [0.2, 0.25) is 0 Å². The lowest BCUT2D eigenvalue weighted by atomic mass is 9.87. The van der Waals surface area contributed by atoms with Crippen molar-refractivity contribution >= 4 is 0 Å². The van der Waals surface area contributed by atoms with E-state index < -0.39 is 0 Å². The smallest absolute Gasteiger partial charge is 0.0829 e. The first-order valence-corrected chi connectivity index (χ1v) is 4.74. The second-order valence-electron chi connectivity index (χ2n) is 3.90. The van der Waals surface area contributed by atoms with Crippen LogP contribution in [0.15, 0.2) is 0 Å². The fraction of sp³-hybridized carbons (Fsp3) is 1.00. The van der Waals surface area contributed by atoms with E-state index in [4.69, 9.17) is 9.47 Å². The molecule has 0 aromatic rings. The van der Waals surface area contributed by atoms with Crippen molar-refractivity contribution in [3.05, 3.63) is 0 Å². The fourth-order valence-corrected chi connectivity index (χ4v) is 2.02. The van der Waals surface area contributed by atoms with Gasteiger partial charge in [-0.2, -0.15) is 0 Å². The molecule has 2 atom stereocenters. The molecule has 2 aliphatic heterocycles. The zero-order chi connectivity index (χ0) is 8.44. The van der Waals surface area contributed by atoms with E-state index in [0.29, 0.717) is 5.92 Å². The van der Waals surface area contributed by atoms with Crippen LogP contribution >= 0.6 is 0 Å². The van der Waals surface area contributed by atoms with Crippen LogP contribution in [0.2, 0.25) is 0 Å². The van der Waals surface area contributed by atoms with Gasteiger partial charge < -0.3 is 14.8 Å². The lowest BCUT2D eigenvalue weighted by Gasteiger charge is -2.38. The predicted molar refractivity (Wildman–Crippen MR) is 46.2 cm³/mol. The molecule has 2 fully saturated rings. The van der Waals surface area contributed by atoms with Gasteiger partial charge in [-0.15, -0.1) is 0 Å². The summed E-state index contributed by atoms with van der Waals surface area (Å²) in [5, 5.41) is 3.37. The zero-order valence-corrected chi connectivity index (χ0v) is 7.64. The molecule has 3 heteroatoms. The summed E-state index contributed by atoms with van der Waals surface area (Å²) in [5.74, 6) is 0.588. The minimum Gasteiger partial charge on any atom is -0.381 e. The van der Waals surface area contributed by atoms with Crippen LogP contribution in [-0.4, -0.2) is 38.5 Å². The maximum absolute atomic E-state index is 5.81. The molecule has 0 amide bonds. The quantitative estimate of drug-likeness (QED) is 0.619. The maximum Gasteiger partial charge on any atom is 0.0829 e. The lowest BCUT2D eigenvalue weighted by molar-refractivity contribution is -0.0918. The molecule has 70 valence electrons. The summed E-state index contributed by atoms with van der Waals surface area (Å²) in [6, 6.07) is 0. The molecular weight excluding hydrogens is 154 g/mol. The third-order valence-electron chi connectivity index (χ3n) is 2.98. The number of rotatable bonds is 1. The summed E-state index contributed by atoms with van der Waals surface area (Å²) >= 11 is 0. The second kappa shape index (κ2) is 3.32. The average Bonchev–Trinajstić information content (AvgIpc) is 2.58. The Kier molecular flexibility index (Phi) is 2.35. The molecule has 12 heavy (non-hydrogen) atoms. The Morgan fingerprint density at radius 1 is 1.42 bits per heavy atom. The van der Waals surface area contributed by atoms with Crippen molar-refractivity contribution in [3.63, 3.8) is 0 Å². The van der Waals surface area contributed by atoms with Gasteiger partial charge in [0.1, 0.15) is 0 Å². The van der Waals surface area contributed by atoms with Crippen molar-refractivity contribution in [1.29, 1.82) is 0 Å². The number of morpholine rings is 1. The highest BCUT2D eigenvalue weighted by molar-refractivity contribution is 4.90. The summed E-state index contributed by atoms with van der Waals surface area (Å²) in [6.07, 6.45) is 1.15. The Morgan fingerprint density at radius 2 is 2.33 bits per heavy atom. The standard InChI is InChI=1S/C9H17NO2/c1-9(7-10-3-5-12-9)8-2-4-11-6-8/h8,10H,2-7H2,1H3. The van der Waals surface area contributed by atoms with E-state index in [-0.39, 0.29) is 5.60 Å². The highest BCUT2D eigenvalue weighted by atomic mass is 16.5. The first kappa shape index (κ1) is 8.48. The number of hydrogen-bond donors (Lipinski definition) is 1. The molecule has 1 N–H and O–H groups in total. The van der Waals surface area contributed by atoms with Crippen molar-refractivity contribution in [2.24, 2.45) is 5.92 Å². The molecule has 2 unspecified atom stereocenters. The van der Waals surface area contributed by atoms with Gasteiger partial charge in [-0.05, 0) is 13.3 Å². The number of nitrogens with one attached hydrogen (secondary N) is 1. The van der Waals surface area contributed by atoms with Gasteiger partial charge in [-0.1, -0.05) is 0 Å². The third-order valence-corrected chi connectivity index (χ3v) is 2.98. The van der Waals surface area contributed by atoms with Crippen LogP contribution in [0, 0.1) is 5.92 Å². The molecule has 0 aromatic carbocycles. The first-order chi connectivity index (χ1) is 5.81. The molecule has 2 aliphatic rings. The van der Waals surface area contributed by atoms with Crippen LogP contribution in [-0.2, 0) is 9.47 Å². The van der Waals surface area contributed by atoms with Gasteiger partial charge in [0.15, 0.2) is 0 Å². The number of hydrogen-bond acceptors (Lipinski definition) is 3. The molecule has 2 rings (SSSR count). The van der Waals surface area contributed by atoms with Crippen LogP contribution in [0.3, 0.4) is 0 Å². The largest absolute Gasteiger partial charge is 0.381 e. The molecule has 2 heterocycles. The molecule has 0 aliphatic carbocycles. The van der Waals surface area contributed by atoms with E-state index in [1.807, 2.05) is 0 Å². The normalized spacial score (nSPS) is 43.2. The Hall–Kier alpha value is -0.120. The summed E-state index contributed by atoms with van der Waals surface area (Å²) in [5.41, 5.74) is 0.0226. The molecule has 0 aromatic heterocycles. The summed E-state index contributed by atoms with van der Waals surface area (Å²) < 4.78 is 11.2. The molecule has 2 saturated heterocycles. The monoisotopic (exact) mass is 171 g/mol. The Balaban J connectivity index is 1.97. The van der Waals surface area contributed by atoms with Crippen molar-refractivity contribution < 1.29 is 9.47 Å². The predicted octanol–water partition coefficient (Wildman–Crippen LogP) is 0.401. The maximum atomic E-state index is 5.81. The average molecular weight is 171 g/mol. The Bertz CT molecular complexity index is 149. The SMILES string of the molecule is CC1(C2CCOC2)CNCCO1. The summed E-state index contributed by atoms with van der Waals surface area (Å²) in [7, 11) is 0. The van der Waals surface area contributed by atoms with Crippen molar-refractivity contribution in [1.82, 2.24) is 5.32 Å². The molecule has 0 saturated carbocycles. The molecule has 0 bridgehead atoms. The summed E-state index contributed by atoms with van der Waals surface area (Å²) in [4.78, 5) is 0. The summed E-state index contributed by atoms with van der Waals surface area (Å²) in [6.45, 7) is 6.78. The Labute approximate surface area is 73.4 Å². The van der Waals surface area contributed by atoms with Gasteiger partial charge in [-0.25, -0.2) is 0 Å². The van der Waals surface area contributed by atoms with Crippen molar-refractivity contribution in [3.8, 4) is 0 Å². The minimum atomic E-state index is 0.0226. The van der Waals surface area contributed by atoms with Crippen LogP contribution in [0.4, 0.5) is 0 Å². The molecular formula is C9H17NO2. The van der Waals surface area contributed by atoms with E-state index in [1.165, 1.54) is 0 Å². The van der Waals surface area contributed by atoms with Gasteiger partial charge in [0.05, 0.1) is 18.8 Å². The Morgan fingerprint density at radius 3 is 2.92 bits per heavy atom. The van der Waals surface area contributed by atoms with Gasteiger partial charge >= 0.3 is 0 Å².